The molecule has 1 saturated heterocycles. The van der Waals surface area contributed by atoms with Crippen LogP contribution in [0.2, 0.25) is 0 Å². The van der Waals surface area contributed by atoms with Crippen LogP contribution in [0.1, 0.15) is 33.5 Å². The number of amides is 1. The van der Waals surface area contributed by atoms with Crippen molar-refractivity contribution >= 4 is 5.91 Å². The summed E-state index contributed by atoms with van der Waals surface area (Å²) in [6.07, 6.45) is 2.46. The minimum absolute atomic E-state index is 0.127. The van der Waals surface area contributed by atoms with Crippen molar-refractivity contribution in [2.24, 2.45) is 5.92 Å². The fraction of sp³-hybridized carbons (Fsp3) is 0.458. The Balaban J connectivity index is 1.25. The highest BCUT2D eigenvalue weighted by atomic mass is 16.5. The number of benzene rings is 2. The number of hydrogen-bond acceptors (Lipinski definition) is 4. The molecule has 154 valence electrons. The minimum Gasteiger partial charge on any atom is -0.390 e. The summed E-state index contributed by atoms with van der Waals surface area (Å²) in [6, 6.07) is 16.3. The Bertz CT molecular complexity index is 832. The molecule has 4 rings (SSSR count). The van der Waals surface area contributed by atoms with Gasteiger partial charge in [-0.25, -0.2) is 0 Å². The molecule has 2 aliphatic rings. The van der Waals surface area contributed by atoms with E-state index in [-0.39, 0.29) is 12.5 Å². The third-order valence-corrected chi connectivity index (χ3v) is 5.91. The number of rotatable bonds is 7. The first-order valence-electron chi connectivity index (χ1n) is 10.6. The van der Waals surface area contributed by atoms with E-state index >= 15 is 0 Å². The Kier molecular flexibility index (Phi) is 6.60. The molecule has 0 radical (unpaired) electrons. The topological polar surface area (TPSA) is 61.8 Å². The number of hydrogen-bond donors (Lipinski definition) is 2. The SMILES string of the molecule is O=C(NC[C@@H](O)CN1CCc2ccccc2C1)c1cccc(CC2CCOC2)c1. The zero-order chi connectivity index (χ0) is 20.1. The Morgan fingerprint density at radius 1 is 1.21 bits per heavy atom. The Morgan fingerprint density at radius 2 is 2.07 bits per heavy atom. The third kappa shape index (κ3) is 5.44. The Hall–Kier alpha value is -2.21. The van der Waals surface area contributed by atoms with Gasteiger partial charge in [0.25, 0.3) is 5.91 Å². The van der Waals surface area contributed by atoms with Crippen LogP contribution < -0.4 is 5.32 Å². The van der Waals surface area contributed by atoms with Gasteiger partial charge in [-0.3, -0.25) is 9.69 Å². The van der Waals surface area contributed by atoms with Crippen LogP contribution in [-0.2, 0) is 24.1 Å². The predicted molar refractivity (Wildman–Crippen MR) is 113 cm³/mol. The summed E-state index contributed by atoms with van der Waals surface area (Å²) < 4.78 is 5.44. The Morgan fingerprint density at radius 3 is 2.90 bits per heavy atom. The molecule has 0 saturated carbocycles. The number of carbonyl (C=O) groups excluding carboxylic acids is 1. The van der Waals surface area contributed by atoms with Gasteiger partial charge < -0.3 is 15.2 Å². The second-order valence-electron chi connectivity index (χ2n) is 8.25. The van der Waals surface area contributed by atoms with Crippen molar-refractivity contribution in [3.8, 4) is 0 Å². The van der Waals surface area contributed by atoms with Gasteiger partial charge in [-0.2, -0.15) is 0 Å². The van der Waals surface area contributed by atoms with Gasteiger partial charge in [0.15, 0.2) is 0 Å². The van der Waals surface area contributed by atoms with Gasteiger partial charge in [0.1, 0.15) is 0 Å². The molecule has 0 aliphatic carbocycles. The quantitative estimate of drug-likeness (QED) is 0.757. The van der Waals surface area contributed by atoms with E-state index in [1.807, 2.05) is 18.2 Å². The van der Waals surface area contributed by atoms with Gasteiger partial charge in [-0.1, -0.05) is 36.4 Å². The molecule has 2 aromatic rings. The van der Waals surface area contributed by atoms with Crippen LogP contribution >= 0.6 is 0 Å². The van der Waals surface area contributed by atoms with Crippen LogP contribution in [0.5, 0.6) is 0 Å². The molecule has 2 atom stereocenters. The van der Waals surface area contributed by atoms with Crippen LogP contribution in [-0.4, -0.2) is 54.9 Å². The van der Waals surface area contributed by atoms with Crippen LogP contribution in [0, 0.1) is 5.92 Å². The van der Waals surface area contributed by atoms with Gasteiger partial charge in [-0.15, -0.1) is 0 Å². The fourth-order valence-corrected chi connectivity index (χ4v) is 4.30. The van der Waals surface area contributed by atoms with E-state index in [1.54, 1.807) is 0 Å². The second-order valence-corrected chi connectivity index (χ2v) is 8.25. The molecule has 2 aliphatic heterocycles. The molecular formula is C24H30N2O3. The molecule has 1 unspecified atom stereocenters. The number of carbonyl (C=O) groups is 1. The third-order valence-electron chi connectivity index (χ3n) is 5.91. The second kappa shape index (κ2) is 9.53. The molecule has 2 aromatic carbocycles. The standard InChI is InChI=1S/C24H30N2O3/c27-23(16-26-10-8-20-5-1-2-6-22(20)15-26)14-25-24(28)21-7-3-4-18(13-21)12-19-9-11-29-17-19/h1-7,13,19,23,27H,8-12,14-17H2,(H,25,28)/t19?,23-/m1/s1. The number of nitrogens with zero attached hydrogens (tertiary/aromatic N) is 1. The number of ether oxygens (including phenoxy) is 1. The van der Waals surface area contributed by atoms with E-state index in [1.165, 1.54) is 16.7 Å². The highest BCUT2D eigenvalue weighted by molar-refractivity contribution is 5.94. The van der Waals surface area contributed by atoms with Crippen molar-refractivity contribution in [1.29, 1.82) is 0 Å². The zero-order valence-corrected chi connectivity index (χ0v) is 16.8. The smallest absolute Gasteiger partial charge is 0.251 e. The van der Waals surface area contributed by atoms with Crippen molar-refractivity contribution < 1.29 is 14.6 Å². The average Bonchev–Trinajstić information content (AvgIpc) is 3.25. The first kappa shape index (κ1) is 20.1. The maximum Gasteiger partial charge on any atom is 0.251 e. The van der Waals surface area contributed by atoms with Crippen molar-refractivity contribution in [1.82, 2.24) is 10.2 Å². The molecule has 1 amide bonds. The van der Waals surface area contributed by atoms with E-state index < -0.39 is 6.10 Å². The lowest BCUT2D eigenvalue weighted by Gasteiger charge is -2.30. The molecule has 2 heterocycles. The number of β-amino-alcohol motifs (C(OH)–C–C–N with tert-alkyl or cyclic N) is 1. The number of aliphatic hydroxyl groups is 1. The summed E-state index contributed by atoms with van der Waals surface area (Å²) >= 11 is 0. The van der Waals surface area contributed by atoms with Gasteiger partial charge in [0.05, 0.1) is 6.10 Å². The molecule has 0 bridgehead atoms. The summed E-state index contributed by atoms with van der Waals surface area (Å²) in [7, 11) is 0. The fourth-order valence-electron chi connectivity index (χ4n) is 4.30. The first-order chi connectivity index (χ1) is 14.2. The molecule has 0 aromatic heterocycles. The lowest BCUT2D eigenvalue weighted by atomic mass is 9.97. The molecule has 5 heteroatoms. The number of fused-ring (bicyclic) bond motifs is 1. The van der Waals surface area contributed by atoms with Crippen LogP contribution in [0.15, 0.2) is 48.5 Å². The van der Waals surface area contributed by atoms with Crippen LogP contribution in [0.4, 0.5) is 0 Å². The van der Waals surface area contributed by atoms with E-state index in [0.717, 1.165) is 45.6 Å². The van der Waals surface area contributed by atoms with Gasteiger partial charge in [0, 0.05) is 45.0 Å². The van der Waals surface area contributed by atoms with Crippen molar-refractivity contribution in [3.05, 3.63) is 70.8 Å². The maximum atomic E-state index is 12.5. The normalized spacial score (nSPS) is 20.2. The molecule has 1 fully saturated rings. The molecule has 29 heavy (non-hydrogen) atoms. The minimum atomic E-state index is -0.581. The summed E-state index contributed by atoms with van der Waals surface area (Å²) in [4.78, 5) is 14.8. The van der Waals surface area contributed by atoms with Crippen LogP contribution in [0.25, 0.3) is 0 Å². The number of nitrogens with one attached hydrogen (secondary N) is 1. The summed E-state index contributed by atoms with van der Waals surface area (Å²) in [6.45, 7) is 4.27. The molecule has 5 nitrogen and oxygen atoms in total. The zero-order valence-electron chi connectivity index (χ0n) is 16.8. The first-order valence-corrected chi connectivity index (χ1v) is 10.6. The largest absolute Gasteiger partial charge is 0.390 e. The van der Waals surface area contributed by atoms with E-state index in [2.05, 4.69) is 40.5 Å². The summed E-state index contributed by atoms with van der Waals surface area (Å²) in [5, 5.41) is 13.3. The van der Waals surface area contributed by atoms with E-state index in [0.29, 0.717) is 18.0 Å². The van der Waals surface area contributed by atoms with E-state index in [4.69, 9.17) is 4.74 Å². The van der Waals surface area contributed by atoms with Gasteiger partial charge in [-0.05, 0) is 54.0 Å². The van der Waals surface area contributed by atoms with Crippen LogP contribution in [0.3, 0.4) is 0 Å². The summed E-state index contributed by atoms with van der Waals surface area (Å²) in [5.74, 6) is 0.419. The highest BCUT2D eigenvalue weighted by Gasteiger charge is 2.19. The van der Waals surface area contributed by atoms with Crippen molar-refractivity contribution in [3.63, 3.8) is 0 Å². The lowest BCUT2D eigenvalue weighted by molar-refractivity contribution is 0.0842. The molecule has 0 spiro atoms. The predicted octanol–water partition coefficient (Wildman–Crippen LogP) is 2.41. The van der Waals surface area contributed by atoms with Gasteiger partial charge >= 0.3 is 0 Å². The number of aliphatic hydroxyl groups excluding tert-OH is 1. The van der Waals surface area contributed by atoms with Crippen molar-refractivity contribution in [2.75, 3.05) is 32.8 Å². The molecular weight excluding hydrogens is 364 g/mol. The lowest BCUT2D eigenvalue weighted by Crippen LogP contribution is -2.42. The summed E-state index contributed by atoms with van der Waals surface area (Å²) in [5.41, 5.74) is 4.55. The molecule has 2 N–H and O–H groups in total. The van der Waals surface area contributed by atoms with Gasteiger partial charge in [0.2, 0.25) is 0 Å². The highest BCUT2D eigenvalue weighted by Crippen LogP contribution is 2.20. The van der Waals surface area contributed by atoms with E-state index in [9.17, 15) is 9.90 Å². The Labute approximate surface area is 172 Å². The maximum absolute atomic E-state index is 12.5. The average molecular weight is 395 g/mol. The van der Waals surface area contributed by atoms with Crippen molar-refractivity contribution in [2.45, 2.75) is 31.9 Å². The monoisotopic (exact) mass is 394 g/mol.